The van der Waals surface area contributed by atoms with E-state index in [9.17, 15) is 14.4 Å². The molecule has 0 aromatic heterocycles. The highest BCUT2D eigenvalue weighted by atomic mass is 16.7. The lowest BCUT2D eigenvalue weighted by Gasteiger charge is -2.33. The van der Waals surface area contributed by atoms with Gasteiger partial charge in [-0.15, -0.1) is 0 Å². The van der Waals surface area contributed by atoms with E-state index in [1.54, 1.807) is 25.1 Å². The van der Waals surface area contributed by atoms with Crippen molar-refractivity contribution in [2.45, 2.75) is 44.0 Å². The van der Waals surface area contributed by atoms with Gasteiger partial charge in [-0.2, -0.15) is 5.06 Å². The minimum absolute atomic E-state index is 0.129. The number of hydroxylamine groups is 2. The summed E-state index contributed by atoms with van der Waals surface area (Å²) in [5.41, 5.74) is -0.830. The maximum atomic E-state index is 13.8. The maximum absolute atomic E-state index is 13.8. The molecule has 2 bridgehead atoms. The van der Waals surface area contributed by atoms with Gasteiger partial charge in [0.1, 0.15) is 6.61 Å². The van der Waals surface area contributed by atoms with Crippen molar-refractivity contribution in [3.05, 3.63) is 70.7 Å². The molecule has 2 fully saturated rings. The zero-order valence-corrected chi connectivity index (χ0v) is 18.3. The van der Waals surface area contributed by atoms with E-state index < -0.39 is 23.3 Å². The molecule has 3 atom stereocenters. The third-order valence-electron chi connectivity index (χ3n) is 6.40. The number of hydrogen-bond acceptors (Lipinski definition) is 6. The van der Waals surface area contributed by atoms with Crippen molar-refractivity contribution in [2.24, 2.45) is 4.99 Å². The summed E-state index contributed by atoms with van der Waals surface area (Å²) in [6.07, 6.45) is 2.60. The molecule has 2 aromatic rings. The molecule has 2 amide bonds. The van der Waals surface area contributed by atoms with Crippen LogP contribution in [0.1, 0.15) is 25.3 Å². The van der Waals surface area contributed by atoms with Crippen molar-refractivity contribution in [3.8, 4) is 0 Å². The summed E-state index contributed by atoms with van der Waals surface area (Å²) >= 11 is 0. The van der Waals surface area contributed by atoms with Gasteiger partial charge in [0.25, 0.3) is 0 Å². The molecule has 1 unspecified atom stereocenters. The van der Waals surface area contributed by atoms with E-state index in [1.165, 1.54) is 9.96 Å². The van der Waals surface area contributed by atoms with Gasteiger partial charge in [0.05, 0.1) is 24.0 Å². The molecule has 3 aliphatic rings. The highest BCUT2D eigenvalue weighted by Gasteiger charge is 2.55. The molecular weight excluding hydrogens is 422 g/mol. The second-order valence-corrected chi connectivity index (χ2v) is 8.43. The number of piperidine rings is 1. The van der Waals surface area contributed by atoms with Gasteiger partial charge in [0.15, 0.2) is 5.78 Å². The molecule has 2 aromatic carbocycles. The first-order valence-electron chi connectivity index (χ1n) is 11.2. The van der Waals surface area contributed by atoms with Gasteiger partial charge >= 0.3 is 12.0 Å². The summed E-state index contributed by atoms with van der Waals surface area (Å²) in [5.74, 6) is -1.15. The third-order valence-corrected chi connectivity index (χ3v) is 6.40. The number of amides is 2. The number of rotatable bonds is 7. The summed E-state index contributed by atoms with van der Waals surface area (Å²) in [7, 11) is 0. The second kappa shape index (κ2) is 8.44. The molecule has 8 heteroatoms. The van der Waals surface area contributed by atoms with Crippen molar-refractivity contribution >= 4 is 23.9 Å². The number of hydrogen-bond donors (Lipinski definition) is 0. The summed E-state index contributed by atoms with van der Waals surface area (Å²) in [4.78, 5) is 51.9. The Balaban J connectivity index is 1.40. The largest absolute Gasteiger partial charge is 0.464 e. The number of ketones is 1. The van der Waals surface area contributed by atoms with Crippen LogP contribution in [0.4, 0.5) is 4.79 Å². The smallest absolute Gasteiger partial charge is 0.346 e. The van der Waals surface area contributed by atoms with Gasteiger partial charge in [0, 0.05) is 6.54 Å². The van der Waals surface area contributed by atoms with Gasteiger partial charge in [0.2, 0.25) is 5.54 Å². The number of carbonyl (C=O) groups excluding carboxylic acids is 3. The van der Waals surface area contributed by atoms with E-state index in [-0.39, 0.29) is 25.3 Å². The lowest BCUT2D eigenvalue weighted by molar-refractivity contribution is -0.151. The lowest BCUT2D eigenvalue weighted by atomic mass is 9.85. The fourth-order valence-corrected chi connectivity index (χ4v) is 4.77. The number of ether oxygens (including phenoxy) is 1. The molecule has 8 nitrogen and oxygen atoms in total. The standard InChI is InChI=1S/C25H25N3O5/c1-2-32-23(30)25(14-18-10-6-7-11-20(18)26-25)22(29)21-13-12-19-15-27(21)24(31)28(19)33-16-17-8-4-3-5-9-17/h3-11,14,19,21H,2,12-13,15-16H2,1H3/t19-,21+,25?/m1/s1. The van der Waals surface area contributed by atoms with E-state index >= 15 is 0 Å². The number of Topliss-reactive ketones (excluding diaryl/α,β-unsaturated/α-hetero) is 1. The van der Waals surface area contributed by atoms with Crippen LogP contribution >= 0.6 is 0 Å². The third kappa shape index (κ3) is 3.60. The Bertz CT molecular complexity index is 1180. The highest BCUT2D eigenvalue weighted by Crippen LogP contribution is 2.34. The number of benzene rings is 2. The molecule has 0 saturated carbocycles. The van der Waals surface area contributed by atoms with E-state index in [1.807, 2.05) is 42.5 Å². The molecule has 3 aliphatic heterocycles. The van der Waals surface area contributed by atoms with E-state index in [0.29, 0.717) is 30.0 Å². The quantitative estimate of drug-likeness (QED) is 0.473. The number of urea groups is 1. The Kier molecular flexibility index (Phi) is 5.46. The summed E-state index contributed by atoms with van der Waals surface area (Å²) in [6, 6.07) is 15.5. The molecular formula is C25H25N3O5. The van der Waals surface area contributed by atoms with Crippen molar-refractivity contribution in [1.82, 2.24) is 9.96 Å². The molecule has 170 valence electrons. The van der Waals surface area contributed by atoms with Crippen LogP contribution in [-0.4, -0.2) is 58.5 Å². The average Bonchev–Trinajstić information content (AvgIpc) is 3.35. The van der Waals surface area contributed by atoms with Gasteiger partial charge in [-0.1, -0.05) is 48.5 Å². The molecule has 3 heterocycles. The molecule has 0 N–H and O–H groups in total. The van der Waals surface area contributed by atoms with Crippen LogP contribution in [0.5, 0.6) is 0 Å². The topological polar surface area (TPSA) is 88.5 Å². The van der Waals surface area contributed by atoms with Crippen LogP contribution < -0.4 is 10.6 Å². The van der Waals surface area contributed by atoms with Crippen LogP contribution in [-0.2, 0) is 25.8 Å². The lowest BCUT2D eigenvalue weighted by Crippen LogP contribution is -2.55. The van der Waals surface area contributed by atoms with Crippen LogP contribution in [0.3, 0.4) is 0 Å². The van der Waals surface area contributed by atoms with Crippen molar-refractivity contribution < 1.29 is 24.0 Å². The highest BCUT2D eigenvalue weighted by molar-refractivity contribution is 6.18. The number of para-hydroxylation sites is 1. The van der Waals surface area contributed by atoms with Gasteiger partial charge in [-0.05, 0) is 42.7 Å². The fraction of sp³-hybridized carbons (Fsp3) is 0.360. The minimum atomic E-state index is -1.78. The summed E-state index contributed by atoms with van der Waals surface area (Å²) < 4.78 is 5.26. The SMILES string of the molecule is CCOC(=O)C1(C(=O)[C@@H]2CC[C@@H]3CN2C(=O)N3OCc2ccccc2)C=c2ccccc2=N1. The molecule has 2 saturated heterocycles. The molecule has 0 aliphatic carbocycles. The van der Waals surface area contributed by atoms with Crippen LogP contribution in [0, 0.1) is 0 Å². The van der Waals surface area contributed by atoms with E-state index in [0.717, 1.165) is 5.56 Å². The maximum Gasteiger partial charge on any atom is 0.346 e. The van der Waals surface area contributed by atoms with Gasteiger partial charge in [-0.3, -0.25) is 14.6 Å². The summed E-state index contributed by atoms with van der Waals surface area (Å²) in [6.45, 7) is 2.45. The fourth-order valence-electron chi connectivity index (χ4n) is 4.77. The zero-order valence-electron chi connectivity index (χ0n) is 18.3. The molecule has 33 heavy (non-hydrogen) atoms. The van der Waals surface area contributed by atoms with Crippen molar-refractivity contribution in [2.75, 3.05) is 13.2 Å². The minimum Gasteiger partial charge on any atom is -0.464 e. The van der Waals surface area contributed by atoms with E-state index in [2.05, 4.69) is 4.99 Å². The predicted molar refractivity (Wildman–Crippen MR) is 118 cm³/mol. The number of nitrogens with zero attached hydrogens (tertiary/aromatic N) is 3. The first-order valence-corrected chi connectivity index (χ1v) is 11.2. The monoisotopic (exact) mass is 447 g/mol. The van der Waals surface area contributed by atoms with E-state index in [4.69, 9.17) is 9.57 Å². The Morgan fingerprint density at radius 2 is 1.85 bits per heavy atom. The average molecular weight is 447 g/mol. The Hall–Kier alpha value is -3.52. The van der Waals surface area contributed by atoms with Crippen LogP contribution in [0.15, 0.2) is 59.6 Å². The molecule has 0 radical (unpaired) electrons. The second-order valence-electron chi connectivity index (χ2n) is 8.43. The van der Waals surface area contributed by atoms with Crippen molar-refractivity contribution in [3.63, 3.8) is 0 Å². The van der Waals surface area contributed by atoms with Gasteiger partial charge < -0.3 is 9.64 Å². The Morgan fingerprint density at radius 3 is 2.61 bits per heavy atom. The number of carbonyl (C=O) groups is 3. The van der Waals surface area contributed by atoms with Crippen LogP contribution in [0.25, 0.3) is 6.08 Å². The zero-order chi connectivity index (χ0) is 23.0. The predicted octanol–water partition coefficient (Wildman–Crippen LogP) is 1.37. The van der Waals surface area contributed by atoms with Crippen LogP contribution in [0.2, 0.25) is 0 Å². The molecule has 5 rings (SSSR count). The van der Waals surface area contributed by atoms with Crippen molar-refractivity contribution in [1.29, 1.82) is 0 Å². The number of esters is 1. The van der Waals surface area contributed by atoms with Gasteiger partial charge in [-0.25, -0.2) is 9.59 Å². The summed E-state index contributed by atoms with van der Waals surface area (Å²) in [5, 5.41) is 2.64. The first-order chi connectivity index (χ1) is 16.0. The Labute approximate surface area is 191 Å². The number of fused-ring (bicyclic) bond motifs is 3. The first kappa shape index (κ1) is 21.3. The molecule has 0 spiro atoms. The Morgan fingerprint density at radius 1 is 1.09 bits per heavy atom. The normalized spacial score (nSPS) is 25.3.